The van der Waals surface area contributed by atoms with Crippen molar-refractivity contribution >= 4 is 28.9 Å². The van der Waals surface area contributed by atoms with Crippen LogP contribution in [0.1, 0.15) is 36.1 Å². The number of carbonyl (C=O) groups excluding carboxylic acids is 1. The first-order valence-corrected chi connectivity index (χ1v) is 7.54. The molecule has 2 aromatic rings. The second kappa shape index (κ2) is 6.54. The minimum absolute atomic E-state index is 0.0727. The van der Waals surface area contributed by atoms with Crippen molar-refractivity contribution in [3.05, 3.63) is 52.2 Å². The number of anilines is 1. The van der Waals surface area contributed by atoms with E-state index >= 15 is 0 Å². The fraction of sp³-hybridized carbons (Fsp3) is 0.250. The summed E-state index contributed by atoms with van der Waals surface area (Å²) in [5.74, 6) is -1.70. The van der Waals surface area contributed by atoms with Crippen LogP contribution in [0.2, 0.25) is 0 Å². The van der Waals surface area contributed by atoms with Gasteiger partial charge in [0.05, 0.1) is 11.8 Å². The van der Waals surface area contributed by atoms with Crippen LogP contribution in [0.5, 0.6) is 0 Å². The molecular formula is C16H17NO3S. The molecule has 110 valence electrons. The van der Waals surface area contributed by atoms with E-state index in [9.17, 15) is 9.59 Å². The van der Waals surface area contributed by atoms with Gasteiger partial charge in [-0.3, -0.25) is 9.59 Å². The predicted molar refractivity (Wildman–Crippen MR) is 83.9 cm³/mol. The van der Waals surface area contributed by atoms with Gasteiger partial charge in [-0.15, -0.1) is 11.3 Å². The van der Waals surface area contributed by atoms with E-state index in [1.165, 1.54) is 0 Å². The summed E-state index contributed by atoms with van der Waals surface area (Å²) in [4.78, 5) is 24.1. The van der Waals surface area contributed by atoms with Gasteiger partial charge >= 0.3 is 5.97 Å². The third kappa shape index (κ3) is 3.70. The van der Waals surface area contributed by atoms with Crippen LogP contribution < -0.4 is 5.32 Å². The zero-order chi connectivity index (χ0) is 15.4. The number of carboxylic acid groups (broad SMARTS) is 1. The first kappa shape index (κ1) is 15.3. The van der Waals surface area contributed by atoms with Gasteiger partial charge in [-0.25, -0.2) is 0 Å². The maximum atomic E-state index is 12.1. The van der Waals surface area contributed by atoms with Crippen molar-refractivity contribution in [2.45, 2.75) is 25.7 Å². The van der Waals surface area contributed by atoms with Crippen molar-refractivity contribution in [1.29, 1.82) is 0 Å². The van der Waals surface area contributed by atoms with Gasteiger partial charge in [-0.2, -0.15) is 0 Å². The first-order valence-electron chi connectivity index (χ1n) is 6.66. The molecule has 0 bridgehead atoms. The number of carbonyl (C=O) groups is 2. The fourth-order valence-corrected chi connectivity index (χ4v) is 2.70. The highest BCUT2D eigenvalue weighted by Crippen LogP contribution is 2.23. The van der Waals surface area contributed by atoms with Crippen LogP contribution in [-0.4, -0.2) is 17.0 Å². The molecule has 0 saturated heterocycles. The van der Waals surface area contributed by atoms with Crippen LogP contribution in [0.15, 0.2) is 41.8 Å². The summed E-state index contributed by atoms with van der Waals surface area (Å²) in [6, 6.07) is 10.8. The molecule has 21 heavy (non-hydrogen) atoms. The van der Waals surface area contributed by atoms with E-state index in [2.05, 4.69) is 5.32 Å². The molecule has 0 fully saturated rings. The third-order valence-electron chi connectivity index (χ3n) is 3.41. The number of hydrogen-bond acceptors (Lipinski definition) is 3. The van der Waals surface area contributed by atoms with Crippen LogP contribution >= 0.6 is 11.3 Å². The zero-order valence-electron chi connectivity index (χ0n) is 11.9. The highest BCUT2D eigenvalue weighted by atomic mass is 32.1. The molecule has 2 rings (SSSR count). The van der Waals surface area contributed by atoms with Gasteiger partial charge in [0.1, 0.15) is 0 Å². The summed E-state index contributed by atoms with van der Waals surface area (Å²) in [6.07, 6.45) is 0. The first-order chi connectivity index (χ1) is 9.99. The van der Waals surface area contributed by atoms with Crippen LogP contribution in [0.25, 0.3) is 0 Å². The topological polar surface area (TPSA) is 66.4 Å². The fourth-order valence-electron chi connectivity index (χ4n) is 1.92. The highest BCUT2D eigenvalue weighted by molar-refractivity contribution is 7.10. The van der Waals surface area contributed by atoms with Crippen molar-refractivity contribution < 1.29 is 14.7 Å². The van der Waals surface area contributed by atoms with Gasteiger partial charge in [0.2, 0.25) is 5.91 Å². The van der Waals surface area contributed by atoms with Crippen LogP contribution in [0, 0.1) is 0 Å². The smallest absolute Gasteiger partial charge is 0.310 e. The minimum atomic E-state index is -0.863. The van der Waals surface area contributed by atoms with E-state index in [0.717, 1.165) is 4.88 Å². The molecule has 0 spiro atoms. The second-order valence-electron chi connectivity index (χ2n) is 4.91. The summed E-state index contributed by atoms with van der Waals surface area (Å²) in [5, 5.41) is 13.8. The van der Waals surface area contributed by atoms with E-state index < -0.39 is 11.9 Å². The molecule has 1 aromatic heterocycles. The average molecular weight is 303 g/mol. The number of nitrogens with one attached hydrogen (secondary N) is 1. The molecule has 1 aromatic carbocycles. The number of amides is 1. The molecule has 2 N–H and O–H groups in total. The molecule has 4 nitrogen and oxygen atoms in total. The van der Waals surface area contributed by atoms with Gasteiger partial charge in [0.15, 0.2) is 0 Å². The zero-order valence-corrected chi connectivity index (χ0v) is 12.7. The Bertz CT molecular complexity index is 619. The van der Waals surface area contributed by atoms with E-state index in [-0.39, 0.29) is 11.8 Å². The molecule has 0 aliphatic carbocycles. The van der Waals surface area contributed by atoms with Gasteiger partial charge < -0.3 is 10.4 Å². The predicted octanol–water partition coefficient (Wildman–Crippen LogP) is 3.68. The molecule has 5 heteroatoms. The van der Waals surface area contributed by atoms with Crippen LogP contribution in [0.4, 0.5) is 5.69 Å². The number of aliphatic carboxylic acids is 1. The van der Waals surface area contributed by atoms with Crippen molar-refractivity contribution in [1.82, 2.24) is 0 Å². The van der Waals surface area contributed by atoms with E-state index in [4.69, 9.17) is 5.11 Å². The Morgan fingerprint density at radius 3 is 2.29 bits per heavy atom. The van der Waals surface area contributed by atoms with Crippen molar-refractivity contribution in [3.63, 3.8) is 0 Å². The summed E-state index contributed by atoms with van der Waals surface area (Å²) >= 11 is 1.55. The van der Waals surface area contributed by atoms with Crippen LogP contribution in [0.3, 0.4) is 0 Å². The maximum absolute atomic E-state index is 12.1. The van der Waals surface area contributed by atoms with E-state index in [1.54, 1.807) is 42.5 Å². The highest BCUT2D eigenvalue weighted by Gasteiger charge is 2.17. The quantitative estimate of drug-likeness (QED) is 0.885. The number of rotatable bonds is 5. The van der Waals surface area contributed by atoms with Gasteiger partial charge in [-0.05, 0) is 43.0 Å². The van der Waals surface area contributed by atoms with Crippen molar-refractivity contribution in [2.75, 3.05) is 5.32 Å². The maximum Gasteiger partial charge on any atom is 0.310 e. The Morgan fingerprint density at radius 2 is 1.76 bits per heavy atom. The molecule has 0 saturated carbocycles. The average Bonchev–Trinajstić information content (AvgIpc) is 3.00. The Balaban J connectivity index is 2.03. The molecule has 0 aliphatic rings. The monoisotopic (exact) mass is 303 g/mol. The molecule has 0 radical (unpaired) electrons. The van der Waals surface area contributed by atoms with Gasteiger partial charge in [0.25, 0.3) is 0 Å². The third-order valence-corrected chi connectivity index (χ3v) is 4.47. The standard InChI is InChI=1S/C16H17NO3S/c1-10(16(19)20)12-5-7-13(8-6-12)17-15(18)11(2)14-4-3-9-21-14/h3-11H,1-2H3,(H,17,18)(H,19,20). The Labute approximate surface area is 127 Å². The van der Waals surface area contributed by atoms with Crippen molar-refractivity contribution in [2.24, 2.45) is 0 Å². The van der Waals surface area contributed by atoms with E-state index in [0.29, 0.717) is 11.3 Å². The molecule has 2 atom stereocenters. The van der Waals surface area contributed by atoms with Gasteiger partial charge in [0, 0.05) is 10.6 Å². The lowest BCUT2D eigenvalue weighted by atomic mass is 10.0. The lowest BCUT2D eigenvalue weighted by molar-refractivity contribution is -0.138. The Hall–Kier alpha value is -2.14. The number of benzene rings is 1. The molecular weight excluding hydrogens is 286 g/mol. The van der Waals surface area contributed by atoms with Crippen molar-refractivity contribution in [3.8, 4) is 0 Å². The summed E-state index contributed by atoms with van der Waals surface area (Å²) < 4.78 is 0. The number of carboxylic acids is 1. The SMILES string of the molecule is CC(C(=O)O)c1ccc(NC(=O)C(C)c2cccs2)cc1. The Kier molecular flexibility index (Phi) is 4.75. The normalized spacial score (nSPS) is 13.4. The minimum Gasteiger partial charge on any atom is -0.481 e. The molecule has 0 aliphatic heterocycles. The lowest BCUT2D eigenvalue weighted by Crippen LogP contribution is -2.18. The lowest BCUT2D eigenvalue weighted by Gasteiger charge is -2.12. The number of hydrogen-bond donors (Lipinski definition) is 2. The molecule has 2 unspecified atom stereocenters. The Morgan fingerprint density at radius 1 is 1.10 bits per heavy atom. The summed E-state index contributed by atoms with van der Waals surface area (Å²) in [7, 11) is 0. The summed E-state index contributed by atoms with van der Waals surface area (Å²) in [5.41, 5.74) is 1.39. The summed E-state index contributed by atoms with van der Waals surface area (Å²) in [6.45, 7) is 3.50. The van der Waals surface area contributed by atoms with Gasteiger partial charge in [-0.1, -0.05) is 18.2 Å². The van der Waals surface area contributed by atoms with E-state index in [1.807, 2.05) is 24.4 Å². The second-order valence-corrected chi connectivity index (χ2v) is 5.89. The number of thiophene rings is 1. The van der Waals surface area contributed by atoms with Crippen LogP contribution in [-0.2, 0) is 9.59 Å². The largest absolute Gasteiger partial charge is 0.481 e. The molecule has 1 heterocycles. The molecule has 1 amide bonds.